The molecule has 1 aromatic carbocycles. The number of hydrogen-bond acceptors (Lipinski definition) is 3. The first-order valence-electron chi connectivity index (χ1n) is 5.40. The minimum Gasteiger partial charge on any atom is -0.508 e. The molecule has 3 nitrogen and oxygen atoms in total. The Morgan fingerprint density at radius 2 is 2.19 bits per heavy atom. The standard InChI is InChI=1S/C12H16BrNO2/c1-16-11-6-10(15)8(5-9(11)13)12(7-14)3-2-4-12/h5-6,15H,2-4,7,14H2,1H3. The highest BCUT2D eigenvalue weighted by molar-refractivity contribution is 9.10. The second-order valence-electron chi connectivity index (χ2n) is 4.34. The van der Waals surface area contributed by atoms with Crippen molar-refractivity contribution in [1.82, 2.24) is 0 Å². The summed E-state index contributed by atoms with van der Waals surface area (Å²) in [7, 11) is 1.58. The Labute approximate surface area is 104 Å². The van der Waals surface area contributed by atoms with Gasteiger partial charge in [0.05, 0.1) is 11.6 Å². The maximum Gasteiger partial charge on any atom is 0.136 e. The van der Waals surface area contributed by atoms with Gasteiger partial charge in [0.2, 0.25) is 0 Å². The molecule has 3 N–H and O–H groups in total. The van der Waals surface area contributed by atoms with Crippen molar-refractivity contribution in [3.63, 3.8) is 0 Å². The summed E-state index contributed by atoms with van der Waals surface area (Å²) in [6.07, 6.45) is 3.28. The lowest BCUT2D eigenvalue weighted by atomic mass is 9.64. The van der Waals surface area contributed by atoms with Gasteiger partial charge in [-0.2, -0.15) is 0 Å². The second kappa shape index (κ2) is 4.26. The molecule has 0 amide bonds. The van der Waals surface area contributed by atoms with Crippen LogP contribution in [-0.2, 0) is 5.41 Å². The zero-order valence-electron chi connectivity index (χ0n) is 9.29. The van der Waals surface area contributed by atoms with Gasteiger partial charge in [-0.25, -0.2) is 0 Å². The minimum absolute atomic E-state index is 0.0289. The molecule has 4 heteroatoms. The molecule has 0 unspecified atom stereocenters. The van der Waals surface area contributed by atoms with Crippen LogP contribution in [0.2, 0.25) is 0 Å². The monoisotopic (exact) mass is 285 g/mol. The molecule has 0 aliphatic heterocycles. The molecule has 2 rings (SSSR count). The number of halogens is 1. The van der Waals surface area contributed by atoms with Crippen LogP contribution in [0.15, 0.2) is 16.6 Å². The Kier molecular flexibility index (Phi) is 3.13. The zero-order chi connectivity index (χ0) is 11.8. The second-order valence-corrected chi connectivity index (χ2v) is 5.20. The van der Waals surface area contributed by atoms with Crippen LogP contribution in [-0.4, -0.2) is 18.8 Å². The molecule has 0 spiro atoms. The lowest BCUT2D eigenvalue weighted by Crippen LogP contribution is -2.41. The third-order valence-corrected chi connectivity index (χ3v) is 4.16. The highest BCUT2D eigenvalue weighted by atomic mass is 79.9. The van der Waals surface area contributed by atoms with Gasteiger partial charge in [0.15, 0.2) is 0 Å². The van der Waals surface area contributed by atoms with E-state index in [1.165, 1.54) is 6.42 Å². The maximum absolute atomic E-state index is 10.0. The number of phenolic OH excluding ortho intramolecular Hbond substituents is 1. The summed E-state index contributed by atoms with van der Waals surface area (Å²) in [5.41, 5.74) is 6.74. The molecule has 0 bridgehead atoms. The van der Waals surface area contributed by atoms with Crippen LogP contribution in [0.4, 0.5) is 0 Å². The molecule has 0 radical (unpaired) electrons. The van der Waals surface area contributed by atoms with Crippen molar-refractivity contribution in [3.05, 3.63) is 22.2 Å². The average molecular weight is 286 g/mol. The molecule has 88 valence electrons. The van der Waals surface area contributed by atoms with Crippen LogP contribution < -0.4 is 10.5 Å². The van der Waals surface area contributed by atoms with Gasteiger partial charge in [-0.15, -0.1) is 0 Å². The fraction of sp³-hybridized carbons (Fsp3) is 0.500. The molecule has 0 aromatic heterocycles. The molecular formula is C12H16BrNO2. The predicted molar refractivity (Wildman–Crippen MR) is 66.9 cm³/mol. The number of hydrogen-bond donors (Lipinski definition) is 2. The number of rotatable bonds is 3. The SMILES string of the molecule is COc1cc(O)c(C2(CN)CCC2)cc1Br. The summed E-state index contributed by atoms with van der Waals surface area (Å²) in [6.45, 7) is 0.583. The lowest BCUT2D eigenvalue weighted by molar-refractivity contribution is 0.244. The van der Waals surface area contributed by atoms with E-state index < -0.39 is 0 Å². The number of aromatic hydroxyl groups is 1. The third-order valence-electron chi connectivity index (χ3n) is 3.54. The van der Waals surface area contributed by atoms with Gasteiger partial charge in [-0.05, 0) is 34.8 Å². The fourth-order valence-electron chi connectivity index (χ4n) is 2.31. The van der Waals surface area contributed by atoms with Gasteiger partial charge in [0.25, 0.3) is 0 Å². The average Bonchev–Trinajstić information content (AvgIpc) is 2.22. The van der Waals surface area contributed by atoms with Crippen LogP contribution in [0.5, 0.6) is 11.5 Å². The summed E-state index contributed by atoms with van der Waals surface area (Å²) in [5.74, 6) is 0.929. The van der Waals surface area contributed by atoms with Crippen molar-refractivity contribution in [1.29, 1.82) is 0 Å². The molecule has 0 saturated heterocycles. The number of ether oxygens (including phenoxy) is 1. The van der Waals surface area contributed by atoms with Gasteiger partial charge in [-0.3, -0.25) is 0 Å². The van der Waals surface area contributed by atoms with E-state index >= 15 is 0 Å². The predicted octanol–water partition coefficient (Wildman–Crippen LogP) is 2.54. The summed E-state index contributed by atoms with van der Waals surface area (Å²) in [4.78, 5) is 0. The summed E-state index contributed by atoms with van der Waals surface area (Å²) in [6, 6.07) is 3.58. The largest absolute Gasteiger partial charge is 0.508 e. The lowest BCUT2D eigenvalue weighted by Gasteiger charge is -2.41. The summed E-state index contributed by atoms with van der Waals surface area (Å²) in [5, 5.41) is 10.0. The van der Waals surface area contributed by atoms with E-state index in [-0.39, 0.29) is 11.2 Å². The first kappa shape index (κ1) is 11.7. The topological polar surface area (TPSA) is 55.5 Å². The van der Waals surface area contributed by atoms with Gasteiger partial charge in [0.1, 0.15) is 11.5 Å². The number of benzene rings is 1. The van der Waals surface area contributed by atoms with E-state index in [0.717, 1.165) is 22.9 Å². The van der Waals surface area contributed by atoms with E-state index in [1.54, 1.807) is 13.2 Å². The molecule has 16 heavy (non-hydrogen) atoms. The van der Waals surface area contributed by atoms with Crippen molar-refractivity contribution in [2.75, 3.05) is 13.7 Å². The van der Waals surface area contributed by atoms with Crippen LogP contribution in [0.25, 0.3) is 0 Å². The van der Waals surface area contributed by atoms with Gasteiger partial charge in [-0.1, -0.05) is 6.42 Å². The van der Waals surface area contributed by atoms with Crippen LogP contribution >= 0.6 is 15.9 Å². The Balaban J connectivity index is 2.45. The Hall–Kier alpha value is -0.740. The van der Waals surface area contributed by atoms with Gasteiger partial charge in [0, 0.05) is 23.6 Å². The van der Waals surface area contributed by atoms with Crippen molar-refractivity contribution in [2.24, 2.45) is 5.73 Å². The normalized spacial score (nSPS) is 17.9. The van der Waals surface area contributed by atoms with Crippen LogP contribution in [0, 0.1) is 0 Å². The van der Waals surface area contributed by atoms with Crippen molar-refractivity contribution < 1.29 is 9.84 Å². The molecule has 1 saturated carbocycles. The quantitative estimate of drug-likeness (QED) is 0.897. The van der Waals surface area contributed by atoms with E-state index in [0.29, 0.717) is 12.3 Å². The molecule has 1 fully saturated rings. The smallest absolute Gasteiger partial charge is 0.136 e. The number of nitrogens with two attached hydrogens (primary N) is 1. The number of methoxy groups -OCH3 is 1. The Morgan fingerprint density at radius 3 is 2.62 bits per heavy atom. The van der Waals surface area contributed by atoms with Gasteiger partial charge >= 0.3 is 0 Å². The Bertz CT molecular complexity index is 397. The first-order valence-corrected chi connectivity index (χ1v) is 6.19. The molecule has 0 heterocycles. The minimum atomic E-state index is -0.0289. The van der Waals surface area contributed by atoms with E-state index in [1.807, 2.05) is 6.07 Å². The van der Waals surface area contributed by atoms with Gasteiger partial charge < -0.3 is 15.6 Å². The highest BCUT2D eigenvalue weighted by Gasteiger charge is 2.39. The van der Waals surface area contributed by atoms with Crippen LogP contribution in [0.3, 0.4) is 0 Å². The van der Waals surface area contributed by atoms with E-state index in [9.17, 15) is 5.11 Å². The van der Waals surface area contributed by atoms with E-state index in [4.69, 9.17) is 10.5 Å². The molecule has 1 aliphatic rings. The van der Waals surface area contributed by atoms with Crippen molar-refractivity contribution in [3.8, 4) is 11.5 Å². The fourth-order valence-corrected chi connectivity index (χ4v) is 2.82. The molecule has 0 atom stereocenters. The Morgan fingerprint density at radius 1 is 1.50 bits per heavy atom. The molecule has 1 aromatic rings. The molecular weight excluding hydrogens is 270 g/mol. The number of phenols is 1. The first-order chi connectivity index (χ1) is 7.63. The molecule has 1 aliphatic carbocycles. The maximum atomic E-state index is 10.0. The van der Waals surface area contributed by atoms with Crippen LogP contribution in [0.1, 0.15) is 24.8 Å². The van der Waals surface area contributed by atoms with E-state index in [2.05, 4.69) is 15.9 Å². The third kappa shape index (κ3) is 1.70. The summed E-state index contributed by atoms with van der Waals surface area (Å²) >= 11 is 3.44. The highest BCUT2D eigenvalue weighted by Crippen LogP contribution is 2.48. The van der Waals surface area contributed by atoms with Crippen molar-refractivity contribution >= 4 is 15.9 Å². The zero-order valence-corrected chi connectivity index (χ0v) is 10.9. The van der Waals surface area contributed by atoms with Crippen molar-refractivity contribution in [2.45, 2.75) is 24.7 Å². The summed E-state index contributed by atoms with van der Waals surface area (Å²) < 4.78 is 6.00.